The number of rotatable bonds is 16. The zero-order valence-corrected chi connectivity index (χ0v) is 28.9. The van der Waals surface area contributed by atoms with Gasteiger partial charge in [-0.3, -0.25) is 14.4 Å². The molecular weight excluding hydrogens is 737 g/mol. The van der Waals surface area contributed by atoms with E-state index in [4.69, 9.17) is 4.74 Å². The van der Waals surface area contributed by atoms with Crippen LogP contribution in [0.15, 0.2) is 71.1 Å². The number of aromatic nitrogens is 1. The molecule has 0 fully saturated rings. The van der Waals surface area contributed by atoms with Gasteiger partial charge in [-0.05, 0) is 108 Å². The van der Waals surface area contributed by atoms with Gasteiger partial charge in [0.25, 0.3) is 12.0 Å². The highest BCUT2D eigenvalue weighted by Crippen LogP contribution is 2.38. The van der Waals surface area contributed by atoms with Crippen molar-refractivity contribution in [2.75, 3.05) is 6.61 Å². The number of hydrogen-bond donors (Lipinski definition) is 1. The lowest BCUT2D eigenvalue weighted by Gasteiger charge is -2.26. The van der Waals surface area contributed by atoms with Crippen molar-refractivity contribution in [3.05, 3.63) is 116 Å². The molecule has 0 bridgehead atoms. The van der Waals surface area contributed by atoms with Crippen molar-refractivity contribution in [2.24, 2.45) is 0 Å². The molecule has 0 aliphatic rings. The number of allylic oxidation sites excluding steroid dienone is 2. The van der Waals surface area contributed by atoms with E-state index in [1.807, 2.05) is 0 Å². The number of carbonyl (C=O) groups is 2. The Kier molecular flexibility index (Phi) is 14.2. The molecule has 50 heavy (non-hydrogen) atoms. The number of carbonyl (C=O) groups excluding carboxylic acids is 2. The summed E-state index contributed by atoms with van der Waals surface area (Å²) in [5.41, 5.74) is -2.80. The number of ether oxygens (including phenoxy) is 1. The Labute approximate surface area is 293 Å². The van der Waals surface area contributed by atoms with Crippen LogP contribution in [0.2, 0.25) is 0 Å². The van der Waals surface area contributed by atoms with Gasteiger partial charge in [0.1, 0.15) is 17.7 Å². The van der Waals surface area contributed by atoms with Gasteiger partial charge in [-0.15, -0.1) is 13.2 Å². The molecule has 0 spiro atoms. The van der Waals surface area contributed by atoms with Crippen LogP contribution >= 0.6 is 15.9 Å². The molecule has 270 valence electrons. The lowest BCUT2D eigenvalue weighted by Crippen LogP contribution is -2.40. The van der Waals surface area contributed by atoms with E-state index < -0.39 is 81.3 Å². The number of nitrogens with one attached hydrogen (secondary N) is 1. The van der Waals surface area contributed by atoms with Crippen LogP contribution in [-0.2, 0) is 26.9 Å². The number of unbranched alkanes of at least 4 members (excludes halogenated alkanes) is 2. The van der Waals surface area contributed by atoms with Gasteiger partial charge < -0.3 is 14.6 Å². The zero-order valence-electron chi connectivity index (χ0n) is 27.3. The van der Waals surface area contributed by atoms with E-state index in [-0.39, 0.29) is 18.6 Å². The van der Waals surface area contributed by atoms with Crippen molar-refractivity contribution in [1.29, 1.82) is 0 Å². The van der Waals surface area contributed by atoms with Gasteiger partial charge in [-0.25, -0.2) is 17.6 Å². The number of esters is 1. The SMILES string of the molecule is C=CCCCCc1cc(F)cc(C)c1-c1cc(C(F)F)c(F)c([C@H](CC(=O)OCC)NC(=O)[C@H](CC=C)n2cc(Br)c(C(F)(F)F)cc2=O)c1. The maximum absolute atomic E-state index is 16.0. The summed E-state index contributed by atoms with van der Waals surface area (Å²) < 4.78 is 105. The van der Waals surface area contributed by atoms with Crippen molar-refractivity contribution in [1.82, 2.24) is 9.88 Å². The van der Waals surface area contributed by atoms with Crippen LogP contribution in [0.25, 0.3) is 11.1 Å². The first-order chi connectivity index (χ1) is 23.5. The van der Waals surface area contributed by atoms with Gasteiger partial charge in [0.2, 0.25) is 5.91 Å². The molecule has 3 aromatic rings. The predicted octanol–water partition coefficient (Wildman–Crippen LogP) is 9.65. The number of pyridine rings is 1. The van der Waals surface area contributed by atoms with Crippen LogP contribution in [0.1, 0.15) is 85.4 Å². The fraction of sp³-hybridized carbons (Fsp3) is 0.361. The molecule has 0 aliphatic carbocycles. The highest BCUT2D eigenvalue weighted by atomic mass is 79.9. The number of benzene rings is 2. The summed E-state index contributed by atoms with van der Waals surface area (Å²) in [6.45, 7) is 10.2. The van der Waals surface area contributed by atoms with E-state index in [2.05, 4.69) is 34.4 Å². The van der Waals surface area contributed by atoms with Crippen LogP contribution in [0.3, 0.4) is 0 Å². The minimum atomic E-state index is -4.89. The number of alkyl halides is 5. The third kappa shape index (κ3) is 9.95. The maximum atomic E-state index is 16.0. The van der Waals surface area contributed by atoms with Crippen molar-refractivity contribution in [3.63, 3.8) is 0 Å². The second-order valence-electron chi connectivity index (χ2n) is 11.4. The highest BCUT2D eigenvalue weighted by Gasteiger charge is 2.35. The molecule has 0 aliphatic heterocycles. The van der Waals surface area contributed by atoms with Crippen LogP contribution in [0.4, 0.5) is 30.7 Å². The van der Waals surface area contributed by atoms with E-state index >= 15 is 4.39 Å². The maximum Gasteiger partial charge on any atom is 0.417 e. The Balaban J connectivity index is 2.22. The van der Waals surface area contributed by atoms with E-state index in [1.54, 1.807) is 13.0 Å². The normalized spacial score (nSPS) is 12.8. The molecule has 1 N–H and O–H groups in total. The van der Waals surface area contributed by atoms with Gasteiger partial charge in [0.05, 0.1) is 30.2 Å². The number of nitrogens with zero attached hydrogens (tertiary/aromatic N) is 1. The lowest BCUT2D eigenvalue weighted by molar-refractivity contribution is -0.144. The fourth-order valence-electron chi connectivity index (χ4n) is 5.63. The van der Waals surface area contributed by atoms with Crippen molar-refractivity contribution in [2.45, 2.75) is 77.1 Å². The van der Waals surface area contributed by atoms with Crippen molar-refractivity contribution >= 4 is 27.8 Å². The molecule has 1 amide bonds. The third-order valence-electron chi connectivity index (χ3n) is 7.87. The molecule has 1 aromatic heterocycles. The molecule has 0 unspecified atom stereocenters. The first-order valence-corrected chi connectivity index (χ1v) is 16.4. The largest absolute Gasteiger partial charge is 0.466 e. The Hall–Kier alpha value is -4.20. The van der Waals surface area contributed by atoms with Gasteiger partial charge in [0.15, 0.2) is 0 Å². The number of aryl methyl sites for hydroxylation is 2. The summed E-state index contributed by atoms with van der Waals surface area (Å²) in [5, 5.41) is 2.43. The molecule has 2 atom stereocenters. The third-order valence-corrected chi connectivity index (χ3v) is 8.50. The molecule has 14 heteroatoms. The summed E-state index contributed by atoms with van der Waals surface area (Å²) in [7, 11) is 0. The second-order valence-corrected chi connectivity index (χ2v) is 12.3. The van der Waals surface area contributed by atoms with E-state index in [9.17, 15) is 40.7 Å². The number of amides is 1. The Morgan fingerprint density at radius 1 is 1.04 bits per heavy atom. The number of hydrogen-bond acceptors (Lipinski definition) is 4. The van der Waals surface area contributed by atoms with Crippen molar-refractivity contribution < 1.29 is 45.1 Å². The summed E-state index contributed by atoms with van der Waals surface area (Å²) in [6, 6.07) is 1.66. The monoisotopic (exact) mass is 772 g/mol. The van der Waals surface area contributed by atoms with Crippen LogP contribution in [-0.4, -0.2) is 23.1 Å². The van der Waals surface area contributed by atoms with Gasteiger partial charge >= 0.3 is 12.1 Å². The smallest absolute Gasteiger partial charge is 0.417 e. The molecule has 6 nitrogen and oxygen atoms in total. The highest BCUT2D eigenvalue weighted by molar-refractivity contribution is 9.10. The molecule has 3 rings (SSSR count). The topological polar surface area (TPSA) is 77.4 Å². The van der Waals surface area contributed by atoms with Crippen LogP contribution in [0.5, 0.6) is 0 Å². The molecular formula is C36H36BrF7N2O4. The van der Waals surface area contributed by atoms with Crippen molar-refractivity contribution in [3.8, 4) is 11.1 Å². The van der Waals surface area contributed by atoms with E-state index in [0.717, 1.165) is 12.3 Å². The molecule has 0 saturated heterocycles. The zero-order chi connectivity index (χ0) is 37.3. The molecule has 2 aromatic carbocycles. The predicted molar refractivity (Wildman–Crippen MR) is 179 cm³/mol. The Morgan fingerprint density at radius 2 is 1.72 bits per heavy atom. The molecule has 0 saturated carbocycles. The lowest BCUT2D eigenvalue weighted by atomic mass is 9.88. The minimum Gasteiger partial charge on any atom is -0.466 e. The van der Waals surface area contributed by atoms with Gasteiger partial charge in [0, 0.05) is 22.3 Å². The average Bonchev–Trinajstić information content (AvgIpc) is 3.02. The summed E-state index contributed by atoms with van der Waals surface area (Å²) in [4.78, 5) is 39.3. The Morgan fingerprint density at radius 3 is 2.32 bits per heavy atom. The van der Waals surface area contributed by atoms with E-state index in [1.165, 1.54) is 31.2 Å². The summed E-state index contributed by atoms with van der Waals surface area (Å²) >= 11 is 2.78. The summed E-state index contributed by atoms with van der Waals surface area (Å²) in [6.07, 6.45) is -3.22. The van der Waals surface area contributed by atoms with E-state index in [0.29, 0.717) is 53.0 Å². The quantitative estimate of drug-likeness (QED) is 0.0681. The van der Waals surface area contributed by atoms with Gasteiger partial charge in [-0.1, -0.05) is 12.2 Å². The van der Waals surface area contributed by atoms with Gasteiger partial charge in [-0.2, -0.15) is 13.2 Å². The minimum absolute atomic E-state index is 0.0709. The first kappa shape index (κ1) is 40.2. The standard InChI is InChI=1S/C36H36BrF7N2O4/c1-5-8-9-10-12-21-14-23(38)13-20(4)32(21)22-15-24(33(39)25(16-22)34(40)41)28(18-31(48)50-7-3)45-35(49)29(11-6-2)46-19-27(37)26(17-30(46)47)36(42,43)44/h5-6,13-17,19,28-29,34H,1-2,7-12,18H2,3-4H3,(H,45,49)/t28-,29-/m0/s1. The molecule has 0 radical (unpaired) electrons. The second kappa shape index (κ2) is 17.6. The summed E-state index contributed by atoms with van der Waals surface area (Å²) in [5.74, 6) is -3.98. The average molecular weight is 774 g/mol. The molecule has 1 heterocycles. The van der Waals surface area contributed by atoms with Crippen LogP contribution in [0, 0.1) is 18.6 Å². The first-order valence-electron chi connectivity index (χ1n) is 15.6. The van der Waals surface area contributed by atoms with Crippen LogP contribution < -0.4 is 10.9 Å². The number of halogens is 8. The fourth-order valence-corrected chi connectivity index (χ4v) is 6.19. The Bertz CT molecular complexity index is 1790.